The molecular weight excluding hydrogens is 204 g/mol. The summed E-state index contributed by atoms with van der Waals surface area (Å²) in [7, 11) is 0. The van der Waals surface area contributed by atoms with Gasteiger partial charge < -0.3 is 14.6 Å². The van der Waals surface area contributed by atoms with E-state index in [1.165, 1.54) is 25.7 Å². The average molecular weight is 226 g/mol. The number of aliphatic hydroxyl groups excluding tert-OH is 1. The first-order valence-electron chi connectivity index (χ1n) is 6.23. The summed E-state index contributed by atoms with van der Waals surface area (Å²) in [4.78, 5) is 0. The molecule has 1 heterocycles. The second-order valence-corrected chi connectivity index (χ2v) is 3.99. The Hall–Kier alpha value is -0.560. The summed E-state index contributed by atoms with van der Waals surface area (Å²) in [6.45, 7) is 1.50. The molecule has 0 aliphatic carbocycles. The van der Waals surface area contributed by atoms with Crippen LogP contribution >= 0.6 is 0 Å². The van der Waals surface area contributed by atoms with Crippen molar-refractivity contribution in [2.24, 2.45) is 0 Å². The third-order valence-electron chi connectivity index (χ3n) is 2.64. The monoisotopic (exact) mass is 226 g/mol. The van der Waals surface area contributed by atoms with E-state index in [1.54, 1.807) is 0 Å². The Kier molecular flexibility index (Phi) is 8.15. The Morgan fingerprint density at radius 2 is 1.62 bits per heavy atom. The molecule has 0 aromatic carbocycles. The minimum atomic E-state index is -0.0125. The molecule has 3 heteroatoms. The molecule has 0 saturated carbocycles. The highest BCUT2D eigenvalue weighted by atomic mass is 16.7. The van der Waals surface area contributed by atoms with Gasteiger partial charge in [0.1, 0.15) is 6.61 Å². The molecule has 1 aliphatic rings. The van der Waals surface area contributed by atoms with Gasteiger partial charge in [0.25, 0.3) is 0 Å². The van der Waals surface area contributed by atoms with Crippen LogP contribution in [0.2, 0.25) is 0 Å². The third-order valence-corrected chi connectivity index (χ3v) is 2.64. The van der Waals surface area contributed by atoms with Gasteiger partial charge >= 0.3 is 0 Å². The van der Waals surface area contributed by atoms with Crippen LogP contribution in [0, 0.1) is 11.8 Å². The first kappa shape index (κ1) is 13.5. The summed E-state index contributed by atoms with van der Waals surface area (Å²) >= 11 is 0. The SMILES string of the molecule is OCC#CCCCCCCCC1OCCO1. The zero-order valence-corrected chi connectivity index (χ0v) is 9.91. The molecule has 0 atom stereocenters. The smallest absolute Gasteiger partial charge is 0.157 e. The van der Waals surface area contributed by atoms with Gasteiger partial charge in [-0.2, -0.15) is 0 Å². The minimum absolute atomic E-state index is 0.0125. The fourth-order valence-electron chi connectivity index (χ4n) is 1.77. The molecule has 92 valence electrons. The number of rotatable bonds is 7. The summed E-state index contributed by atoms with van der Waals surface area (Å²) in [6, 6.07) is 0. The molecule has 0 radical (unpaired) electrons. The highest BCUT2D eigenvalue weighted by molar-refractivity contribution is 4.98. The Bertz CT molecular complexity index is 211. The van der Waals surface area contributed by atoms with Gasteiger partial charge in [0.2, 0.25) is 0 Å². The number of hydrogen-bond acceptors (Lipinski definition) is 3. The molecule has 1 N–H and O–H groups in total. The lowest BCUT2D eigenvalue weighted by molar-refractivity contribution is -0.0480. The van der Waals surface area contributed by atoms with Gasteiger partial charge in [-0.1, -0.05) is 25.2 Å². The summed E-state index contributed by atoms with van der Waals surface area (Å²) in [5.74, 6) is 5.59. The lowest BCUT2D eigenvalue weighted by atomic mass is 10.1. The van der Waals surface area contributed by atoms with Crippen molar-refractivity contribution in [1.29, 1.82) is 0 Å². The van der Waals surface area contributed by atoms with Crippen LogP contribution in [-0.4, -0.2) is 31.2 Å². The van der Waals surface area contributed by atoms with Crippen LogP contribution in [-0.2, 0) is 9.47 Å². The Morgan fingerprint density at radius 1 is 0.938 bits per heavy atom. The van der Waals surface area contributed by atoms with Gasteiger partial charge in [-0.15, -0.1) is 5.92 Å². The van der Waals surface area contributed by atoms with Crippen molar-refractivity contribution in [3.8, 4) is 11.8 Å². The zero-order chi connectivity index (χ0) is 11.5. The standard InChI is InChI=1S/C13H22O3/c14-10-8-6-4-2-1-3-5-7-9-13-15-11-12-16-13/h13-14H,1-5,7,9-12H2. The number of aliphatic hydroxyl groups is 1. The molecule has 0 aromatic heterocycles. The van der Waals surface area contributed by atoms with Gasteiger partial charge in [0.05, 0.1) is 13.2 Å². The number of ether oxygens (including phenoxy) is 2. The van der Waals surface area contributed by atoms with Crippen molar-refractivity contribution in [1.82, 2.24) is 0 Å². The van der Waals surface area contributed by atoms with Crippen LogP contribution in [0.1, 0.15) is 44.9 Å². The van der Waals surface area contributed by atoms with E-state index in [9.17, 15) is 0 Å². The molecule has 16 heavy (non-hydrogen) atoms. The molecule has 0 amide bonds. The largest absolute Gasteiger partial charge is 0.384 e. The highest BCUT2D eigenvalue weighted by Crippen LogP contribution is 2.13. The van der Waals surface area contributed by atoms with Crippen molar-refractivity contribution < 1.29 is 14.6 Å². The maximum absolute atomic E-state index is 8.45. The van der Waals surface area contributed by atoms with E-state index in [4.69, 9.17) is 14.6 Å². The molecule has 0 spiro atoms. The van der Waals surface area contributed by atoms with Crippen LogP contribution in [0.15, 0.2) is 0 Å². The van der Waals surface area contributed by atoms with Gasteiger partial charge in [0, 0.05) is 6.42 Å². The molecule has 1 aliphatic heterocycles. The second-order valence-electron chi connectivity index (χ2n) is 3.99. The predicted octanol–water partition coefficient (Wildman–Crippen LogP) is 2.09. The lowest BCUT2D eigenvalue weighted by Gasteiger charge is -2.07. The molecule has 0 unspecified atom stereocenters. The summed E-state index contributed by atoms with van der Waals surface area (Å²) in [5.41, 5.74) is 0. The third kappa shape index (κ3) is 6.84. The topological polar surface area (TPSA) is 38.7 Å². The molecule has 1 saturated heterocycles. The fraction of sp³-hybridized carbons (Fsp3) is 0.846. The minimum Gasteiger partial charge on any atom is -0.384 e. The van der Waals surface area contributed by atoms with E-state index in [1.807, 2.05) is 0 Å². The predicted molar refractivity (Wildman–Crippen MR) is 62.9 cm³/mol. The molecular formula is C13H22O3. The van der Waals surface area contributed by atoms with Gasteiger partial charge in [-0.05, 0) is 19.3 Å². The van der Waals surface area contributed by atoms with Crippen molar-refractivity contribution in [3.63, 3.8) is 0 Å². The maximum Gasteiger partial charge on any atom is 0.157 e. The van der Waals surface area contributed by atoms with Gasteiger partial charge in [-0.25, -0.2) is 0 Å². The molecule has 3 nitrogen and oxygen atoms in total. The number of unbranched alkanes of at least 4 members (excludes halogenated alkanes) is 5. The van der Waals surface area contributed by atoms with E-state index in [2.05, 4.69) is 11.8 Å². The van der Waals surface area contributed by atoms with Crippen molar-refractivity contribution in [2.75, 3.05) is 19.8 Å². The Morgan fingerprint density at radius 3 is 2.38 bits per heavy atom. The van der Waals surface area contributed by atoms with E-state index < -0.39 is 0 Å². The zero-order valence-electron chi connectivity index (χ0n) is 9.91. The van der Waals surface area contributed by atoms with Crippen molar-refractivity contribution in [3.05, 3.63) is 0 Å². The van der Waals surface area contributed by atoms with E-state index in [-0.39, 0.29) is 12.9 Å². The van der Waals surface area contributed by atoms with E-state index in [0.29, 0.717) is 0 Å². The summed E-state index contributed by atoms with van der Waals surface area (Å²) in [6.07, 6.45) is 8.07. The van der Waals surface area contributed by atoms with E-state index in [0.717, 1.165) is 32.5 Å². The van der Waals surface area contributed by atoms with Crippen LogP contribution in [0.5, 0.6) is 0 Å². The molecule has 0 aromatic rings. The van der Waals surface area contributed by atoms with Gasteiger partial charge in [0.15, 0.2) is 6.29 Å². The highest BCUT2D eigenvalue weighted by Gasteiger charge is 2.14. The summed E-state index contributed by atoms with van der Waals surface area (Å²) < 4.78 is 10.7. The Balaban J connectivity index is 1.77. The molecule has 0 bridgehead atoms. The first-order chi connectivity index (χ1) is 7.93. The average Bonchev–Trinajstić information content (AvgIpc) is 2.80. The van der Waals surface area contributed by atoms with Crippen molar-refractivity contribution in [2.45, 2.75) is 51.2 Å². The number of hydrogen-bond donors (Lipinski definition) is 1. The Labute approximate surface area is 98.1 Å². The second kappa shape index (κ2) is 9.65. The molecule has 1 rings (SSSR count). The van der Waals surface area contributed by atoms with Crippen LogP contribution in [0.4, 0.5) is 0 Å². The van der Waals surface area contributed by atoms with Crippen LogP contribution < -0.4 is 0 Å². The van der Waals surface area contributed by atoms with Crippen molar-refractivity contribution >= 4 is 0 Å². The molecule has 1 fully saturated rings. The fourth-order valence-corrected chi connectivity index (χ4v) is 1.77. The summed E-state index contributed by atoms with van der Waals surface area (Å²) in [5, 5.41) is 8.45. The lowest BCUT2D eigenvalue weighted by Crippen LogP contribution is -2.06. The quantitative estimate of drug-likeness (QED) is 0.533. The van der Waals surface area contributed by atoms with Crippen LogP contribution in [0.25, 0.3) is 0 Å². The van der Waals surface area contributed by atoms with E-state index >= 15 is 0 Å². The first-order valence-corrected chi connectivity index (χ1v) is 6.23. The van der Waals surface area contributed by atoms with Crippen LogP contribution in [0.3, 0.4) is 0 Å². The van der Waals surface area contributed by atoms with Gasteiger partial charge in [-0.3, -0.25) is 0 Å². The normalized spacial score (nSPS) is 16.1. The maximum atomic E-state index is 8.45.